The molecular weight excluding hydrogens is 326 g/mol. The summed E-state index contributed by atoms with van der Waals surface area (Å²) in [6, 6.07) is 2.11. The Bertz CT molecular complexity index is 904. The molecule has 140 valence electrons. The summed E-state index contributed by atoms with van der Waals surface area (Å²) in [6.07, 6.45) is 0.976. The second-order valence-corrected chi connectivity index (χ2v) is 7.11. The molecule has 1 N–H and O–H groups in total. The predicted molar refractivity (Wildman–Crippen MR) is 105 cm³/mol. The van der Waals surface area contributed by atoms with Gasteiger partial charge in [-0.3, -0.25) is 9.36 Å². The lowest BCUT2D eigenvalue weighted by atomic mass is 10.2. The van der Waals surface area contributed by atoms with Gasteiger partial charge in [-0.1, -0.05) is 13.8 Å². The third-order valence-electron chi connectivity index (χ3n) is 4.53. The second-order valence-electron chi connectivity index (χ2n) is 7.11. The first-order chi connectivity index (χ1) is 12.4. The van der Waals surface area contributed by atoms with Gasteiger partial charge in [-0.05, 0) is 40.2 Å². The highest BCUT2D eigenvalue weighted by Gasteiger charge is 2.17. The molecule has 0 radical (unpaired) electrons. The summed E-state index contributed by atoms with van der Waals surface area (Å²) in [7, 11) is 0. The Balaban J connectivity index is 1.80. The van der Waals surface area contributed by atoms with Crippen LogP contribution in [0.3, 0.4) is 0 Å². The van der Waals surface area contributed by atoms with Gasteiger partial charge in [0.2, 0.25) is 0 Å². The summed E-state index contributed by atoms with van der Waals surface area (Å²) >= 11 is 0. The van der Waals surface area contributed by atoms with Crippen LogP contribution in [0.25, 0.3) is 11.0 Å². The molecule has 0 spiro atoms. The molecule has 0 fully saturated rings. The Morgan fingerprint density at radius 1 is 1.08 bits per heavy atom. The van der Waals surface area contributed by atoms with Crippen molar-refractivity contribution >= 4 is 16.9 Å². The molecular formula is C19H29N7. The average molecular weight is 355 g/mol. The van der Waals surface area contributed by atoms with Crippen molar-refractivity contribution in [3.63, 3.8) is 0 Å². The molecule has 0 atom stereocenters. The van der Waals surface area contributed by atoms with E-state index in [0.717, 1.165) is 60.1 Å². The molecule has 0 amide bonds. The van der Waals surface area contributed by atoms with Crippen LogP contribution in [0.5, 0.6) is 0 Å². The zero-order chi connectivity index (χ0) is 18.8. The van der Waals surface area contributed by atoms with E-state index >= 15 is 0 Å². The van der Waals surface area contributed by atoms with Crippen molar-refractivity contribution in [1.29, 1.82) is 0 Å². The number of aryl methyl sites for hydroxylation is 5. The SMILES string of the molecule is CCn1nc(C)c2nc(C(C)C)nc(NCCCn3nc(C)cc3C)c21. The molecule has 7 heteroatoms. The zero-order valence-electron chi connectivity index (χ0n) is 16.7. The van der Waals surface area contributed by atoms with Gasteiger partial charge in [-0.15, -0.1) is 0 Å². The van der Waals surface area contributed by atoms with Gasteiger partial charge in [0.15, 0.2) is 5.82 Å². The van der Waals surface area contributed by atoms with E-state index in [-0.39, 0.29) is 5.92 Å². The second kappa shape index (κ2) is 7.43. The molecule has 3 aromatic heterocycles. The summed E-state index contributed by atoms with van der Waals surface area (Å²) in [6.45, 7) is 15.0. The van der Waals surface area contributed by atoms with Gasteiger partial charge in [0.25, 0.3) is 0 Å². The smallest absolute Gasteiger partial charge is 0.156 e. The van der Waals surface area contributed by atoms with E-state index in [9.17, 15) is 0 Å². The topological polar surface area (TPSA) is 73.5 Å². The molecule has 0 aliphatic rings. The summed E-state index contributed by atoms with van der Waals surface area (Å²) < 4.78 is 4.05. The number of nitrogens with one attached hydrogen (secondary N) is 1. The van der Waals surface area contributed by atoms with E-state index in [0.29, 0.717) is 0 Å². The molecule has 3 rings (SSSR count). The molecule has 0 bridgehead atoms. The lowest BCUT2D eigenvalue weighted by molar-refractivity contribution is 0.573. The van der Waals surface area contributed by atoms with E-state index in [2.05, 4.69) is 54.0 Å². The van der Waals surface area contributed by atoms with Crippen LogP contribution in [-0.4, -0.2) is 36.1 Å². The molecule has 0 saturated carbocycles. The molecule has 3 heterocycles. The molecule has 0 aromatic carbocycles. The first kappa shape index (κ1) is 18.4. The van der Waals surface area contributed by atoms with E-state index in [4.69, 9.17) is 9.97 Å². The maximum atomic E-state index is 4.78. The predicted octanol–water partition coefficient (Wildman–Crippen LogP) is 3.59. The van der Waals surface area contributed by atoms with Crippen molar-refractivity contribution in [3.8, 4) is 0 Å². The number of aromatic nitrogens is 6. The Labute approximate surface area is 154 Å². The van der Waals surface area contributed by atoms with Crippen LogP contribution in [0.15, 0.2) is 6.07 Å². The quantitative estimate of drug-likeness (QED) is 0.656. The van der Waals surface area contributed by atoms with Crippen LogP contribution in [-0.2, 0) is 13.1 Å². The third-order valence-corrected chi connectivity index (χ3v) is 4.53. The van der Waals surface area contributed by atoms with Crippen molar-refractivity contribution in [2.75, 3.05) is 11.9 Å². The minimum Gasteiger partial charge on any atom is -0.368 e. The summed E-state index contributed by atoms with van der Waals surface area (Å²) in [5.74, 6) is 2.02. The minimum absolute atomic E-state index is 0.277. The zero-order valence-corrected chi connectivity index (χ0v) is 16.7. The molecule has 0 aliphatic carbocycles. The highest BCUT2D eigenvalue weighted by molar-refractivity contribution is 5.87. The highest BCUT2D eigenvalue weighted by Crippen LogP contribution is 2.25. The van der Waals surface area contributed by atoms with Gasteiger partial charge >= 0.3 is 0 Å². The summed E-state index contributed by atoms with van der Waals surface area (Å²) in [5.41, 5.74) is 5.18. The first-order valence-corrected chi connectivity index (χ1v) is 9.40. The van der Waals surface area contributed by atoms with Gasteiger partial charge in [-0.25, -0.2) is 9.97 Å². The fourth-order valence-corrected chi connectivity index (χ4v) is 3.19. The number of anilines is 1. The van der Waals surface area contributed by atoms with Gasteiger partial charge < -0.3 is 5.32 Å². The van der Waals surface area contributed by atoms with Crippen LogP contribution in [0.2, 0.25) is 0 Å². The molecule has 0 saturated heterocycles. The normalized spacial score (nSPS) is 11.7. The van der Waals surface area contributed by atoms with Crippen LogP contribution in [0.4, 0.5) is 5.82 Å². The van der Waals surface area contributed by atoms with Crippen LogP contribution >= 0.6 is 0 Å². The molecule has 0 aliphatic heterocycles. The minimum atomic E-state index is 0.277. The highest BCUT2D eigenvalue weighted by atomic mass is 15.3. The number of fused-ring (bicyclic) bond motifs is 1. The molecule has 7 nitrogen and oxygen atoms in total. The van der Waals surface area contributed by atoms with Crippen molar-refractivity contribution in [2.45, 2.75) is 67.0 Å². The lowest BCUT2D eigenvalue weighted by Gasteiger charge is -2.12. The fourth-order valence-electron chi connectivity index (χ4n) is 3.19. The van der Waals surface area contributed by atoms with Gasteiger partial charge in [0.1, 0.15) is 16.9 Å². The molecule has 26 heavy (non-hydrogen) atoms. The maximum absolute atomic E-state index is 4.78. The van der Waals surface area contributed by atoms with E-state index in [1.807, 2.05) is 18.5 Å². The van der Waals surface area contributed by atoms with E-state index in [1.165, 1.54) is 5.69 Å². The first-order valence-electron chi connectivity index (χ1n) is 9.40. The largest absolute Gasteiger partial charge is 0.368 e. The molecule has 3 aromatic rings. The maximum Gasteiger partial charge on any atom is 0.156 e. The van der Waals surface area contributed by atoms with Crippen molar-refractivity contribution < 1.29 is 0 Å². The lowest BCUT2D eigenvalue weighted by Crippen LogP contribution is -2.12. The van der Waals surface area contributed by atoms with Gasteiger partial charge in [0.05, 0.1) is 11.4 Å². The van der Waals surface area contributed by atoms with Gasteiger partial charge in [0, 0.05) is 31.2 Å². The van der Waals surface area contributed by atoms with E-state index < -0.39 is 0 Å². The monoisotopic (exact) mass is 355 g/mol. The third kappa shape index (κ3) is 3.57. The van der Waals surface area contributed by atoms with Crippen molar-refractivity contribution in [1.82, 2.24) is 29.5 Å². The molecule has 0 unspecified atom stereocenters. The Hall–Kier alpha value is -2.44. The van der Waals surface area contributed by atoms with Crippen LogP contribution < -0.4 is 5.32 Å². The van der Waals surface area contributed by atoms with Crippen LogP contribution in [0.1, 0.15) is 56.0 Å². The summed E-state index contributed by atoms with van der Waals surface area (Å²) in [5, 5.41) is 12.7. The Kier molecular flexibility index (Phi) is 5.25. The fraction of sp³-hybridized carbons (Fsp3) is 0.579. The standard InChI is InChI=1S/C19H29N7/c1-7-25-17-16(15(6)24-25)21-18(12(2)3)22-19(17)20-9-8-10-26-14(5)11-13(4)23-26/h11-12H,7-10H2,1-6H3,(H,20,21,22). The van der Waals surface area contributed by atoms with Crippen molar-refractivity contribution in [3.05, 3.63) is 29.0 Å². The number of nitrogens with zero attached hydrogens (tertiary/aromatic N) is 6. The average Bonchev–Trinajstić information content (AvgIpc) is 3.10. The number of hydrogen-bond donors (Lipinski definition) is 1. The Morgan fingerprint density at radius 3 is 2.46 bits per heavy atom. The van der Waals surface area contributed by atoms with Gasteiger partial charge in [-0.2, -0.15) is 10.2 Å². The number of hydrogen-bond acceptors (Lipinski definition) is 5. The Morgan fingerprint density at radius 2 is 1.85 bits per heavy atom. The summed E-state index contributed by atoms with van der Waals surface area (Å²) in [4.78, 5) is 9.53. The van der Waals surface area contributed by atoms with E-state index in [1.54, 1.807) is 0 Å². The van der Waals surface area contributed by atoms with Crippen LogP contribution in [0, 0.1) is 20.8 Å². The number of rotatable bonds is 7. The van der Waals surface area contributed by atoms with Crippen molar-refractivity contribution in [2.24, 2.45) is 0 Å².